The van der Waals surface area contributed by atoms with Gasteiger partial charge in [-0.1, -0.05) is 71.9 Å². The summed E-state index contributed by atoms with van der Waals surface area (Å²) in [5.74, 6) is -0.178. The molecule has 0 aromatic heterocycles. The van der Waals surface area contributed by atoms with Crippen LogP contribution >= 0.6 is 0 Å². The topological polar surface area (TPSA) is 80.3 Å². The third-order valence-electron chi connectivity index (χ3n) is 13.7. The number of Topliss-reactive ketones (excluding diaryl/α,β-unsaturated/α-hetero) is 2. The average Bonchev–Trinajstić information content (AvgIpc) is 3.04. The van der Waals surface area contributed by atoms with Crippen molar-refractivity contribution in [3.8, 4) is 0 Å². The minimum absolute atomic E-state index is 0.0127. The third kappa shape index (κ3) is 2.61. The molecule has 1 heterocycles. The Labute approximate surface area is 245 Å². The van der Waals surface area contributed by atoms with E-state index < -0.39 is 53.9 Å². The van der Waals surface area contributed by atoms with E-state index in [4.69, 9.17) is 23.4 Å². The standard InChI is InChI=1S/C33H46O7Si/c1-28(2,3)41(8,9)38-17-31-29(4,5)23-22-24(35)30(31,6)33-21(16-15-20(34)32(31,33)26(23)37-18-36-7)39-27(40-25(22)33)19-13-11-10-12-14-19/h10-14,21-23,25-27H,15-18H2,1-9H3/t21-,22+,23+,25+,26+,27?,30-,31+,32+,33-/m0/s1. The summed E-state index contributed by atoms with van der Waals surface area (Å²) in [4.78, 5) is 29.8. The van der Waals surface area contributed by atoms with Crippen LogP contribution in [-0.2, 0) is 33.0 Å². The summed E-state index contributed by atoms with van der Waals surface area (Å²) in [6.45, 7) is 18.3. The van der Waals surface area contributed by atoms with E-state index >= 15 is 0 Å². The zero-order valence-electron chi connectivity index (χ0n) is 26.0. The molecule has 8 rings (SSSR count). The van der Waals surface area contributed by atoms with Crippen molar-refractivity contribution in [1.82, 2.24) is 0 Å². The zero-order chi connectivity index (χ0) is 29.6. The number of hydrogen-bond donors (Lipinski definition) is 0. The Morgan fingerprint density at radius 2 is 1.73 bits per heavy atom. The summed E-state index contributed by atoms with van der Waals surface area (Å²) in [5.41, 5.74) is -2.82. The van der Waals surface area contributed by atoms with E-state index in [1.54, 1.807) is 7.11 Å². The van der Waals surface area contributed by atoms with Gasteiger partial charge in [-0.3, -0.25) is 9.59 Å². The predicted molar refractivity (Wildman–Crippen MR) is 154 cm³/mol. The molecular formula is C33H46O7Si. The summed E-state index contributed by atoms with van der Waals surface area (Å²) in [5, 5.41) is -0.0127. The second kappa shape index (κ2) is 8.19. The summed E-state index contributed by atoms with van der Waals surface area (Å²) in [6.07, 6.45) is -0.765. The highest BCUT2D eigenvalue weighted by atomic mass is 28.4. The van der Waals surface area contributed by atoms with E-state index in [1.165, 1.54) is 0 Å². The molecule has 1 aromatic carbocycles. The van der Waals surface area contributed by atoms with Crippen LogP contribution in [0.1, 0.15) is 66.2 Å². The summed E-state index contributed by atoms with van der Waals surface area (Å²) in [6, 6.07) is 9.99. The van der Waals surface area contributed by atoms with Gasteiger partial charge in [0.05, 0.1) is 35.1 Å². The van der Waals surface area contributed by atoms with Gasteiger partial charge in [0.15, 0.2) is 14.6 Å². The highest BCUT2D eigenvalue weighted by Crippen LogP contribution is 3.00. The van der Waals surface area contributed by atoms with Crippen LogP contribution in [0, 0.1) is 38.9 Å². The maximum Gasteiger partial charge on any atom is 0.192 e. The Bertz CT molecular complexity index is 1300. The Morgan fingerprint density at radius 1 is 1.05 bits per heavy atom. The Kier molecular flexibility index (Phi) is 5.66. The number of hydrogen-bond acceptors (Lipinski definition) is 7. The quantitative estimate of drug-likeness (QED) is 0.302. The second-order valence-corrected chi connectivity index (χ2v) is 20.6. The fraction of sp³-hybridized carbons (Fsp3) is 0.758. The van der Waals surface area contributed by atoms with E-state index in [0.717, 1.165) is 5.56 Å². The highest BCUT2D eigenvalue weighted by Gasteiger charge is 3.08. The van der Waals surface area contributed by atoms with Crippen LogP contribution < -0.4 is 0 Å². The van der Waals surface area contributed by atoms with Gasteiger partial charge in [-0.05, 0) is 30.0 Å². The fourth-order valence-electron chi connectivity index (χ4n) is 11.5. The Balaban J connectivity index is 1.46. The first-order valence-corrected chi connectivity index (χ1v) is 18.2. The lowest BCUT2D eigenvalue weighted by atomic mass is 9.20. The number of benzene rings is 1. The molecule has 1 saturated heterocycles. The van der Waals surface area contributed by atoms with Gasteiger partial charge >= 0.3 is 0 Å². The predicted octanol–water partition coefficient (Wildman–Crippen LogP) is 5.69. The number of ketones is 2. The van der Waals surface area contributed by atoms with Crippen molar-refractivity contribution in [2.75, 3.05) is 20.5 Å². The van der Waals surface area contributed by atoms with Crippen molar-refractivity contribution in [2.24, 2.45) is 38.9 Å². The van der Waals surface area contributed by atoms with Gasteiger partial charge in [0.2, 0.25) is 0 Å². The smallest absolute Gasteiger partial charge is 0.192 e. The van der Waals surface area contributed by atoms with Crippen LogP contribution in [0.2, 0.25) is 18.1 Å². The number of methoxy groups -OCH3 is 1. The van der Waals surface area contributed by atoms with Gasteiger partial charge in [-0.2, -0.15) is 0 Å². The Morgan fingerprint density at radius 3 is 2.37 bits per heavy atom. The molecule has 1 unspecified atom stereocenters. The van der Waals surface area contributed by atoms with Crippen molar-refractivity contribution in [2.45, 2.75) is 97.1 Å². The monoisotopic (exact) mass is 582 g/mol. The van der Waals surface area contributed by atoms with Gasteiger partial charge in [-0.25, -0.2) is 0 Å². The molecule has 0 amide bonds. The molecule has 41 heavy (non-hydrogen) atoms. The molecule has 6 saturated carbocycles. The van der Waals surface area contributed by atoms with E-state index in [-0.39, 0.29) is 41.3 Å². The molecule has 2 spiro atoms. The molecule has 6 bridgehead atoms. The second-order valence-electron chi connectivity index (χ2n) is 15.8. The van der Waals surface area contributed by atoms with Crippen LogP contribution in [0.4, 0.5) is 0 Å². The molecule has 7 aliphatic rings. The molecule has 224 valence electrons. The molecule has 1 aliphatic heterocycles. The first-order chi connectivity index (χ1) is 19.1. The zero-order valence-corrected chi connectivity index (χ0v) is 27.0. The lowest BCUT2D eigenvalue weighted by Crippen LogP contribution is -2.91. The Hall–Kier alpha value is -1.42. The number of carbonyl (C=O) groups is 2. The van der Waals surface area contributed by atoms with Crippen LogP contribution in [0.3, 0.4) is 0 Å². The van der Waals surface area contributed by atoms with Crippen molar-refractivity contribution in [1.29, 1.82) is 0 Å². The van der Waals surface area contributed by atoms with Crippen LogP contribution in [0.15, 0.2) is 30.3 Å². The van der Waals surface area contributed by atoms with Crippen LogP contribution in [-0.4, -0.2) is 58.7 Å². The van der Waals surface area contributed by atoms with Crippen LogP contribution in [0.5, 0.6) is 0 Å². The van der Waals surface area contributed by atoms with Crippen molar-refractivity contribution in [3.63, 3.8) is 0 Å². The van der Waals surface area contributed by atoms with Gasteiger partial charge in [0, 0.05) is 42.4 Å². The lowest BCUT2D eigenvalue weighted by Gasteiger charge is -2.82. The minimum atomic E-state index is -2.23. The molecular weight excluding hydrogens is 536 g/mol. The molecule has 8 heteroatoms. The fourth-order valence-corrected chi connectivity index (χ4v) is 12.5. The number of rotatable bonds is 7. The largest absolute Gasteiger partial charge is 0.416 e. The van der Waals surface area contributed by atoms with E-state index in [9.17, 15) is 9.59 Å². The van der Waals surface area contributed by atoms with Gasteiger partial charge in [0.25, 0.3) is 0 Å². The third-order valence-corrected chi connectivity index (χ3v) is 18.2. The summed E-state index contributed by atoms with van der Waals surface area (Å²) >= 11 is 0. The first-order valence-electron chi connectivity index (χ1n) is 15.3. The van der Waals surface area contributed by atoms with Gasteiger partial charge in [0.1, 0.15) is 18.4 Å². The summed E-state index contributed by atoms with van der Waals surface area (Å²) in [7, 11) is -0.622. The molecule has 0 N–H and O–H groups in total. The average molecular weight is 583 g/mol. The van der Waals surface area contributed by atoms with Crippen molar-refractivity contribution in [3.05, 3.63) is 35.9 Å². The minimum Gasteiger partial charge on any atom is -0.416 e. The number of ether oxygens (including phenoxy) is 4. The maximum atomic E-state index is 15.0. The van der Waals surface area contributed by atoms with Crippen LogP contribution in [0.25, 0.3) is 0 Å². The number of carbonyl (C=O) groups excluding carboxylic acids is 2. The van der Waals surface area contributed by atoms with E-state index in [0.29, 0.717) is 19.4 Å². The normalized spacial score (nSPS) is 47.0. The van der Waals surface area contributed by atoms with Crippen molar-refractivity contribution < 1.29 is 33.0 Å². The van der Waals surface area contributed by atoms with Crippen molar-refractivity contribution >= 4 is 19.9 Å². The highest BCUT2D eigenvalue weighted by molar-refractivity contribution is 6.74. The SMILES string of the molecule is COCO[C@@H]1[C@H]2[C@@H]3C(=O)[C@]4(C)[C@@]56[C@H](CCC(=O)[C@]15[C@]4(CO[Si](C)(C)C(C)(C)C)C2(C)C)OC(c1ccccc1)O[C@H]36. The molecule has 7 fully saturated rings. The first kappa shape index (κ1) is 28.4. The van der Waals surface area contributed by atoms with Gasteiger partial charge < -0.3 is 23.4 Å². The lowest BCUT2D eigenvalue weighted by molar-refractivity contribution is -0.443. The molecule has 6 aliphatic carbocycles. The maximum absolute atomic E-state index is 15.0. The molecule has 0 radical (unpaired) electrons. The molecule has 1 aromatic rings. The summed E-state index contributed by atoms with van der Waals surface area (Å²) < 4.78 is 33.0. The van der Waals surface area contributed by atoms with E-state index in [2.05, 4.69) is 54.6 Å². The van der Waals surface area contributed by atoms with Gasteiger partial charge in [-0.15, -0.1) is 0 Å². The van der Waals surface area contributed by atoms with E-state index in [1.807, 2.05) is 30.3 Å². The molecule has 7 nitrogen and oxygen atoms in total. The molecule has 10 atom stereocenters.